The third-order valence-electron chi connectivity index (χ3n) is 2.78. The van der Waals surface area contributed by atoms with Crippen LogP contribution in [-0.2, 0) is 9.53 Å². The quantitative estimate of drug-likeness (QED) is 0.741. The smallest absolute Gasteiger partial charge is 0.328 e. The topological polar surface area (TPSA) is 38.3 Å². The molecule has 0 bridgehead atoms. The third kappa shape index (κ3) is 3.79. The first-order chi connectivity index (χ1) is 8.61. The number of carbonyl (C=O) groups excluding carboxylic acids is 1. The van der Waals surface area contributed by atoms with Crippen molar-refractivity contribution < 1.29 is 9.53 Å². The summed E-state index contributed by atoms with van der Waals surface area (Å²) in [7, 11) is 0. The van der Waals surface area contributed by atoms with Gasteiger partial charge in [0, 0.05) is 9.35 Å². The molecule has 1 aromatic rings. The molecule has 0 aromatic carbocycles. The molecule has 3 nitrogen and oxygen atoms in total. The highest BCUT2D eigenvalue weighted by Crippen LogP contribution is 2.36. The summed E-state index contributed by atoms with van der Waals surface area (Å²) in [6.45, 7) is 3.13. The van der Waals surface area contributed by atoms with E-state index >= 15 is 0 Å². The molecule has 0 aliphatic heterocycles. The third-order valence-corrected chi connectivity index (χ3v) is 6.10. The molecule has 6 heteroatoms. The number of hydrogen-bond acceptors (Lipinski definition) is 4. The normalized spacial score (nSPS) is 16.6. The van der Waals surface area contributed by atoms with Crippen molar-refractivity contribution in [3.63, 3.8) is 0 Å². The molecule has 1 heterocycles. The maximum Gasteiger partial charge on any atom is 0.328 e. The van der Waals surface area contributed by atoms with Crippen LogP contribution in [0, 0.1) is 5.92 Å². The first kappa shape index (κ1) is 14.5. The molecule has 1 N–H and O–H groups in total. The number of rotatable bonds is 6. The largest absolute Gasteiger partial charge is 0.465 e. The Labute approximate surface area is 128 Å². The van der Waals surface area contributed by atoms with E-state index in [-0.39, 0.29) is 12.0 Å². The molecule has 2 rings (SSSR count). The first-order valence-corrected chi connectivity index (χ1v) is 8.36. The van der Waals surface area contributed by atoms with E-state index in [4.69, 9.17) is 4.74 Å². The minimum absolute atomic E-state index is 0.195. The fraction of sp³-hybridized carbons (Fsp3) is 0.583. The molecule has 0 saturated heterocycles. The van der Waals surface area contributed by atoms with Gasteiger partial charge in [-0.3, -0.25) is 5.32 Å². The van der Waals surface area contributed by atoms with Gasteiger partial charge in [0.25, 0.3) is 0 Å². The monoisotopic (exact) mass is 395 g/mol. The lowest BCUT2D eigenvalue weighted by molar-refractivity contribution is -0.145. The summed E-state index contributed by atoms with van der Waals surface area (Å²) in [5, 5.41) is 3.32. The van der Waals surface area contributed by atoms with E-state index in [1.807, 2.05) is 13.0 Å². The van der Waals surface area contributed by atoms with Crippen molar-refractivity contribution in [1.82, 2.24) is 5.32 Å². The molecule has 1 aliphatic rings. The van der Waals surface area contributed by atoms with Crippen LogP contribution in [0.3, 0.4) is 0 Å². The van der Waals surface area contributed by atoms with Gasteiger partial charge < -0.3 is 4.74 Å². The molecular weight excluding hydrogens is 382 g/mol. The molecule has 0 radical (unpaired) electrons. The molecule has 1 unspecified atom stereocenters. The van der Waals surface area contributed by atoms with E-state index in [1.54, 1.807) is 11.3 Å². The lowest BCUT2D eigenvalue weighted by Gasteiger charge is -2.15. The van der Waals surface area contributed by atoms with Crippen molar-refractivity contribution >= 4 is 49.2 Å². The van der Waals surface area contributed by atoms with Crippen molar-refractivity contribution in [3.05, 3.63) is 19.2 Å². The second-order valence-corrected chi connectivity index (χ2v) is 7.56. The van der Waals surface area contributed by atoms with E-state index in [0.29, 0.717) is 6.61 Å². The van der Waals surface area contributed by atoms with Gasteiger partial charge in [0.15, 0.2) is 0 Å². The zero-order valence-electron chi connectivity index (χ0n) is 10.0. The zero-order chi connectivity index (χ0) is 13.1. The van der Waals surface area contributed by atoms with Crippen LogP contribution in [0.2, 0.25) is 0 Å². The van der Waals surface area contributed by atoms with Crippen LogP contribution in [0.1, 0.15) is 30.7 Å². The van der Waals surface area contributed by atoms with Crippen molar-refractivity contribution in [3.8, 4) is 0 Å². The Balaban J connectivity index is 2.08. The average molecular weight is 397 g/mol. The Morgan fingerprint density at radius 3 is 2.83 bits per heavy atom. The molecular formula is C12H15Br2NO2S. The highest BCUT2D eigenvalue weighted by molar-refractivity contribution is 9.13. The summed E-state index contributed by atoms with van der Waals surface area (Å²) < 4.78 is 7.11. The van der Waals surface area contributed by atoms with Gasteiger partial charge in [0.1, 0.15) is 6.04 Å². The van der Waals surface area contributed by atoms with Gasteiger partial charge in [0.2, 0.25) is 0 Å². The number of esters is 1. The highest BCUT2D eigenvalue weighted by Gasteiger charge is 2.28. The van der Waals surface area contributed by atoms with Crippen molar-refractivity contribution in [2.75, 3.05) is 13.2 Å². The Hall–Kier alpha value is 0.0900. The van der Waals surface area contributed by atoms with Crippen LogP contribution >= 0.6 is 43.2 Å². The van der Waals surface area contributed by atoms with Crippen LogP contribution in [0.15, 0.2) is 14.3 Å². The predicted octanol–water partition coefficient (Wildman–Crippen LogP) is 3.88. The van der Waals surface area contributed by atoms with Crippen LogP contribution in [0.4, 0.5) is 0 Å². The van der Waals surface area contributed by atoms with Gasteiger partial charge >= 0.3 is 5.97 Å². The van der Waals surface area contributed by atoms with Crippen LogP contribution in [-0.4, -0.2) is 19.1 Å². The van der Waals surface area contributed by atoms with E-state index in [2.05, 4.69) is 37.2 Å². The van der Waals surface area contributed by atoms with Crippen LogP contribution in [0.5, 0.6) is 0 Å². The Bertz CT molecular complexity index is 412. The van der Waals surface area contributed by atoms with Gasteiger partial charge in [0.05, 0.1) is 10.4 Å². The summed E-state index contributed by atoms with van der Waals surface area (Å²) >= 11 is 8.46. The predicted molar refractivity (Wildman–Crippen MR) is 79.8 cm³/mol. The van der Waals surface area contributed by atoms with E-state index in [0.717, 1.165) is 25.6 Å². The standard InChI is InChI=1S/C12H15Br2NO2S/c1-2-17-12(16)10(15-6-7-3-4-7)9-5-8(13)11(14)18-9/h5,7,10,15H,2-4,6H2,1H3. The maximum absolute atomic E-state index is 12.0. The van der Waals surface area contributed by atoms with Crippen molar-refractivity contribution in [2.45, 2.75) is 25.8 Å². The summed E-state index contributed by atoms with van der Waals surface area (Å²) in [5.74, 6) is 0.535. The second-order valence-electron chi connectivity index (χ2n) is 4.31. The number of halogens is 2. The second kappa shape index (κ2) is 6.50. The lowest BCUT2D eigenvalue weighted by atomic mass is 10.2. The molecule has 1 atom stereocenters. The van der Waals surface area contributed by atoms with Crippen molar-refractivity contribution in [1.29, 1.82) is 0 Å². The fourth-order valence-electron chi connectivity index (χ4n) is 1.64. The van der Waals surface area contributed by atoms with E-state index < -0.39 is 0 Å². The summed E-state index contributed by atoms with van der Waals surface area (Å²) in [6.07, 6.45) is 2.53. The number of ether oxygens (including phenoxy) is 1. The van der Waals surface area contributed by atoms with E-state index in [1.165, 1.54) is 12.8 Å². The number of nitrogens with one attached hydrogen (secondary N) is 1. The summed E-state index contributed by atoms with van der Waals surface area (Å²) in [6, 6.07) is 1.62. The van der Waals surface area contributed by atoms with Gasteiger partial charge in [-0.25, -0.2) is 4.79 Å². The van der Waals surface area contributed by atoms with Gasteiger partial charge in [-0.15, -0.1) is 11.3 Å². The van der Waals surface area contributed by atoms with Crippen LogP contribution in [0.25, 0.3) is 0 Å². The van der Waals surface area contributed by atoms with Gasteiger partial charge in [-0.1, -0.05) is 0 Å². The minimum Gasteiger partial charge on any atom is -0.465 e. The van der Waals surface area contributed by atoms with Crippen molar-refractivity contribution in [2.24, 2.45) is 5.92 Å². The number of thiophene rings is 1. The minimum atomic E-state index is -0.349. The molecule has 0 amide bonds. The Morgan fingerprint density at radius 1 is 1.61 bits per heavy atom. The molecule has 1 aliphatic carbocycles. The molecule has 0 spiro atoms. The molecule has 18 heavy (non-hydrogen) atoms. The fourth-order valence-corrected chi connectivity index (χ4v) is 3.79. The Morgan fingerprint density at radius 2 is 2.33 bits per heavy atom. The average Bonchev–Trinajstić information content (AvgIpc) is 3.07. The van der Waals surface area contributed by atoms with Gasteiger partial charge in [-0.05, 0) is 70.2 Å². The van der Waals surface area contributed by atoms with Crippen LogP contribution < -0.4 is 5.32 Å². The molecule has 1 saturated carbocycles. The molecule has 1 aromatic heterocycles. The molecule has 1 fully saturated rings. The maximum atomic E-state index is 12.0. The zero-order valence-corrected chi connectivity index (χ0v) is 14.0. The molecule has 100 valence electrons. The lowest BCUT2D eigenvalue weighted by Crippen LogP contribution is -2.31. The van der Waals surface area contributed by atoms with E-state index in [9.17, 15) is 4.79 Å². The highest BCUT2D eigenvalue weighted by atomic mass is 79.9. The van der Waals surface area contributed by atoms with Gasteiger partial charge in [-0.2, -0.15) is 0 Å². The Kier molecular flexibility index (Phi) is 5.24. The summed E-state index contributed by atoms with van der Waals surface area (Å²) in [5.41, 5.74) is 0. The SMILES string of the molecule is CCOC(=O)C(NCC1CC1)c1cc(Br)c(Br)s1. The summed E-state index contributed by atoms with van der Waals surface area (Å²) in [4.78, 5) is 13.0. The number of carbonyl (C=O) groups is 1. The number of hydrogen-bond donors (Lipinski definition) is 1. The first-order valence-electron chi connectivity index (χ1n) is 5.96.